The summed E-state index contributed by atoms with van der Waals surface area (Å²) in [4.78, 5) is 6.53. The first-order valence-corrected chi connectivity index (χ1v) is 5.88. The monoisotopic (exact) mass is 241 g/mol. The summed E-state index contributed by atoms with van der Waals surface area (Å²) in [6.07, 6.45) is 0. The van der Waals surface area contributed by atoms with Gasteiger partial charge < -0.3 is 10.6 Å². The highest BCUT2D eigenvalue weighted by Crippen LogP contribution is 2.31. The van der Waals surface area contributed by atoms with Gasteiger partial charge in [0.1, 0.15) is 5.52 Å². The minimum absolute atomic E-state index is 0.625. The van der Waals surface area contributed by atoms with Crippen molar-refractivity contribution in [1.82, 2.24) is 4.98 Å². The summed E-state index contributed by atoms with van der Waals surface area (Å²) in [6.45, 7) is 1.43. The van der Waals surface area contributed by atoms with E-state index < -0.39 is 0 Å². The Morgan fingerprint density at radius 3 is 3.00 bits per heavy atom. The highest BCUT2D eigenvalue weighted by molar-refractivity contribution is 7.22. The normalized spacial score (nSPS) is 10.9. The van der Waals surface area contributed by atoms with E-state index in [1.54, 1.807) is 11.3 Å². The average molecular weight is 242 g/mol. The minimum Gasteiger partial charge on any atom is -0.350 e. The van der Waals surface area contributed by atoms with E-state index in [9.17, 15) is 0 Å². The zero-order valence-electron chi connectivity index (χ0n) is 8.40. The molecule has 15 heavy (non-hydrogen) atoms. The molecule has 1 aromatic heterocycles. The van der Waals surface area contributed by atoms with Gasteiger partial charge in [0.2, 0.25) is 0 Å². The Balaban J connectivity index is 2.43. The number of nitrogens with zero attached hydrogens (tertiary/aromatic N) is 2. The number of halogens is 1. The van der Waals surface area contributed by atoms with E-state index in [1.165, 1.54) is 0 Å². The number of benzene rings is 1. The molecule has 0 amide bonds. The zero-order chi connectivity index (χ0) is 10.8. The first-order chi connectivity index (χ1) is 7.22. The van der Waals surface area contributed by atoms with Crippen LogP contribution >= 0.6 is 22.9 Å². The van der Waals surface area contributed by atoms with Gasteiger partial charge in [-0.25, -0.2) is 4.98 Å². The van der Waals surface area contributed by atoms with E-state index in [4.69, 9.17) is 17.3 Å². The molecule has 0 bridgehead atoms. The van der Waals surface area contributed by atoms with Gasteiger partial charge in [-0.1, -0.05) is 29.0 Å². The first kappa shape index (κ1) is 10.7. The summed E-state index contributed by atoms with van der Waals surface area (Å²) in [5, 5.41) is 1.67. The maximum absolute atomic E-state index is 6.05. The summed E-state index contributed by atoms with van der Waals surface area (Å²) < 4.78 is 1.11. The Bertz CT molecular complexity index is 469. The lowest BCUT2D eigenvalue weighted by atomic mass is 10.3. The average Bonchev–Trinajstić information content (AvgIpc) is 2.63. The van der Waals surface area contributed by atoms with Crippen molar-refractivity contribution >= 4 is 38.3 Å². The number of anilines is 1. The van der Waals surface area contributed by atoms with Crippen molar-refractivity contribution < 1.29 is 0 Å². The Hall–Kier alpha value is -0.840. The van der Waals surface area contributed by atoms with Gasteiger partial charge >= 0.3 is 0 Å². The number of para-hydroxylation sites is 1. The van der Waals surface area contributed by atoms with Crippen molar-refractivity contribution in [2.75, 3.05) is 25.0 Å². The maximum Gasteiger partial charge on any atom is 0.186 e. The van der Waals surface area contributed by atoms with E-state index >= 15 is 0 Å². The van der Waals surface area contributed by atoms with E-state index in [2.05, 4.69) is 4.98 Å². The minimum atomic E-state index is 0.625. The molecule has 0 fully saturated rings. The molecular formula is C10H12ClN3S. The molecule has 80 valence electrons. The van der Waals surface area contributed by atoms with Crippen LogP contribution in [0, 0.1) is 0 Å². The lowest BCUT2D eigenvalue weighted by Crippen LogP contribution is -2.24. The number of likely N-dealkylation sites (N-methyl/N-ethyl adjacent to an activating group) is 1. The van der Waals surface area contributed by atoms with Crippen LogP contribution in [0.5, 0.6) is 0 Å². The van der Waals surface area contributed by atoms with Crippen LogP contribution in [0.2, 0.25) is 5.02 Å². The third-order valence-electron chi connectivity index (χ3n) is 2.15. The highest BCUT2D eigenvalue weighted by Gasteiger charge is 2.09. The second kappa shape index (κ2) is 4.35. The van der Waals surface area contributed by atoms with Crippen LogP contribution < -0.4 is 10.6 Å². The van der Waals surface area contributed by atoms with E-state index in [1.807, 2.05) is 30.1 Å². The molecule has 0 spiro atoms. The maximum atomic E-state index is 6.05. The fraction of sp³-hybridized carbons (Fsp3) is 0.300. The molecule has 2 rings (SSSR count). The van der Waals surface area contributed by atoms with Gasteiger partial charge in [0.15, 0.2) is 5.13 Å². The van der Waals surface area contributed by atoms with E-state index in [0.717, 1.165) is 21.9 Å². The molecular weight excluding hydrogens is 230 g/mol. The van der Waals surface area contributed by atoms with Gasteiger partial charge in [0.05, 0.1) is 9.72 Å². The Labute approximate surface area is 97.5 Å². The molecule has 0 aliphatic heterocycles. The predicted molar refractivity (Wildman–Crippen MR) is 67.0 cm³/mol. The van der Waals surface area contributed by atoms with Crippen molar-refractivity contribution in [3.8, 4) is 0 Å². The number of hydrogen-bond donors (Lipinski definition) is 1. The molecule has 0 atom stereocenters. The number of rotatable bonds is 3. The fourth-order valence-corrected chi connectivity index (χ4v) is 2.61. The lowest BCUT2D eigenvalue weighted by molar-refractivity contribution is 0.882. The van der Waals surface area contributed by atoms with Crippen LogP contribution in [0.4, 0.5) is 5.13 Å². The molecule has 0 unspecified atom stereocenters. The Kier molecular flexibility index (Phi) is 3.09. The summed E-state index contributed by atoms with van der Waals surface area (Å²) in [5.74, 6) is 0. The van der Waals surface area contributed by atoms with Crippen molar-refractivity contribution in [3.63, 3.8) is 0 Å². The van der Waals surface area contributed by atoms with Crippen LogP contribution in [0.1, 0.15) is 0 Å². The van der Waals surface area contributed by atoms with Crippen molar-refractivity contribution in [3.05, 3.63) is 23.2 Å². The van der Waals surface area contributed by atoms with Gasteiger partial charge in [-0.15, -0.1) is 0 Å². The third kappa shape index (κ3) is 2.07. The third-order valence-corrected chi connectivity index (χ3v) is 3.59. The molecule has 2 aromatic rings. The van der Waals surface area contributed by atoms with Crippen LogP contribution in [0.25, 0.3) is 10.2 Å². The number of hydrogen-bond acceptors (Lipinski definition) is 4. The largest absolute Gasteiger partial charge is 0.350 e. The molecule has 0 aliphatic rings. The Morgan fingerprint density at radius 2 is 2.33 bits per heavy atom. The van der Waals surface area contributed by atoms with Crippen molar-refractivity contribution in [1.29, 1.82) is 0 Å². The SMILES string of the molecule is CN(CCN)c1nc2c(Cl)cccc2s1. The van der Waals surface area contributed by atoms with Crippen molar-refractivity contribution in [2.45, 2.75) is 0 Å². The molecule has 1 aromatic carbocycles. The highest BCUT2D eigenvalue weighted by atomic mass is 35.5. The van der Waals surface area contributed by atoms with Gasteiger partial charge in [0.25, 0.3) is 0 Å². The van der Waals surface area contributed by atoms with E-state index in [-0.39, 0.29) is 0 Å². The van der Waals surface area contributed by atoms with Gasteiger partial charge in [0, 0.05) is 20.1 Å². The van der Waals surface area contributed by atoms with Gasteiger partial charge in [-0.2, -0.15) is 0 Å². The quantitative estimate of drug-likeness (QED) is 0.897. The molecule has 1 heterocycles. The zero-order valence-corrected chi connectivity index (χ0v) is 9.98. The van der Waals surface area contributed by atoms with Crippen LogP contribution in [0.15, 0.2) is 18.2 Å². The second-order valence-corrected chi connectivity index (χ2v) is 4.71. The summed E-state index contributed by atoms with van der Waals surface area (Å²) in [5.41, 5.74) is 6.38. The molecule has 0 radical (unpaired) electrons. The van der Waals surface area contributed by atoms with Gasteiger partial charge in [-0.3, -0.25) is 0 Å². The molecule has 0 aliphatic carbocycles. The summed E-state index contributed by atoms with van der Waals surface area (Å²) in [6, 6.07) is 5.82. The lowest BCUT2D eigenvalue weighted by Gasteiger charge is -2.13. The molecule has 2 N–H and O–H groups in total. The van der Waals surface area contributed by atoms with Crippen LogP contribution in [0.3, 0.4) is 0 Å². The molecule has 3 nitrogen and oxygen atoms in total. The van der Waals surface area contributed by atoms with E-state index in [0.29, 0.717) is 11.6 Å². The smallest absolute Gasteiger partial charge is 0.186 e. The number of nitrogens with two attached hydrogens (primary N) is 1. The van der Waals surface area contributed by atoms with Gasteiger partial charge in [-0.05, 0) is 12.1 Å². The second-order valence-electron chi connectivity index (χ2n) is 3.29. The number of thiazole rings is 1. The fourth-order valence-electron chi connectivity index (χ4n) is 1.36. The molecule has 0 saturated carbocycles. The topological polar surface area (TPSA) is 42.1 Å². The van der Waals surface area contributed by atoms with Crippen LogP contribution in [-0.4, -0.2) is 25.1 Å². The summed E-state index contributed by atoms with van der Waals surface area (Å²) >= 11 is 7.69. The first-order valence-electron chi connectivity index (χ1n) is 4.68. The Morgan fingerprint density at radius 1 is 1.53 bits per heavy atom. The van der Waals surface area contributed by atoms with Crippen LogP contribution in [-0.2, 0) is 0 Å². The standard InChI is InChI=1S/C10H12ClN3S/c1-14(6-5-12)10-13-9-7(11)3-2-4-8(9)15-10/h2-4H,5-6,12H2,1H3. The number of aromatic nitrogens is 1. The molecule has 5 heteroatoms. The molecule has 0 saturated heterocycles. The number of fused-ring (bicyclic) bond motifs is 1. The van der Waals surface area contributed by atoms with Crippen molar-refractivity contribution in [2.24, 2.45) is 5.73 Å². The summed E-state index contributed by atoms with van der Waals surface area (Å²) in [7, 11) is 1.98. The predicted octanol–water partition coefficient (Wildman–Crippen LogP) is 2.34.